The van der Waals surface area contributed by atoms with Gasteiger partial charge in [-0.2, -0.15) is 0 Å². The van der Waals surface area contributed by atoms with Gasteiger partial charge in [0.25, 0.3) is 0 Å². The molecule has 2 rings (SSSR count). The minimum absolute atomic E-state index is 0.0978. The number of aliphatic hydroxyl groups excluding tert-OH is 1. The van der Waals surface area contributed by atoms with Crippen LogP contribution in [0.25, 0.3) is 10.1 Å². The molecule has 0 bridgehead atoms. The van der Waals surface area contributed by atoms with Gasteiger partial charge < -0.3 is 5.11 Å². The number of thiophene rings is 1. The molecule has 1 aromatic heterocycles. The average Bonchev–Trinajstić information content (AvgIpc) is 2.42. The van der Waals surface area contributed by atoms with E-state index in [0.29, 0.717) is 0 Å². The van der Waals surface area contributed by atoms with Crippen LogP contribution < -0.4 is 0 Å². The van der Waals surface area contributed by atoms with Crippen LogP contribution in [-0.4, -0.2) is 5.11 Å². The average molecular weight is 369 g/mol. The Kier molecular flexibility index (Phi) is 2.92. The molecule has 0 spiro atoms. The fourth-order valence-electron chi connectivity index (χ4n) is 1.28. The van der Waals surface area contributed by atoms with E-state index in [-0.39, 0.29) is 6.61 Å². The molecule has 0 fully saturated rings. The minimum atomic E-state index is 0.0978. The Bertz CT molecular complexity index is 452. The Hall–Kier alpha value is 0.350. The fraction of sp³-hybridized carbons (Fsp3) is 0.111. The van der Waals surface area contributed by atoms with Crippen molar-refractivity contribution in [3.63, 3.8) is 0 Å². The van der Waals surface area contributed by atoms with Crippen LogP contribution in [0.3, 0.4) is 0 Å². The summed E-state index contributed by atoms with van der Waals surface area (Å²) in [5.41, 5.74) is 1.00. The lowest BCUT2D eigenvalue weighted by Crippen LogP contribution is -1.82. The predicted octanol–water partition coefficient (Wildman–Crippen LogP) is 3.76. The quantitative estimate of drug-likeness (QED) is 0.760. The second-order valence-electron chi connectivity index (χ2n) is 2.63. The van der Waals surface area contributed by atoms with Crippen LogP contribution >= 0.6 is 49.9 Å². The summed E-state index contributed by atoms with van der Waals surface area (Å²) in [7, 11) is 0. The zero-order valence-corrected chi connectivity index (χ0v) is 11.1. The van der Waals surface area contributed by atoms with Crippen LogP contribution in [0.1, 0.15) is 5.56 Å². The number of hydrogen-bond acceptors (Lipinski definition) is 2. The number of fused-ring (bicyclic) bond motifs is 1. The van der Waals surface area contributed by atoms with Crippen molar-refractivity contribution in [2.24, 2.45) is 0 Å². The van der Waals surface area contributed by atoms with E-state index in [4.69, 9.17) is 0 Å². The highest BCUT2D eigenvalue weighted by Crippen LogP contribution is 2.37. The minimum Gasteiger partial charge on any atom is -0.392 e. The van der Waals surface area contributed by atoms with Crippen LogP contribution in [0.2, 0.25) is 0 Å². The van der Waals surface area contributed by atoms with E-state index in [1.807, 2.05) is 6.07 Å². The van der Waals surface area contributed by atoms with Gasteiger partial charge in [0.15, 0.2) is 0 Å². The molecule has 1 aromatic carbocycles. The molecule has 1 heterocycles. The SMILES string of the molecule is OCc1c(Br)sc2cccc(I)c12. The van der Waals surface area contributed by atoms with Crippen molar-refractivity contribution in [3.05, 3.63) is 31.1 Å². The second kappa shape index (κ2) is 3.84. The summed E-state index contributed by atoms with van der Waals surface area (Å²) in [6.07, 6.45) is 0. The summed E-state index contributed by atoms with van der Waals surface area (Å²) in [5.74, 6) is 0. The molecule has 0 aliphatic carbocycles. The first-order valence-corrected chi connectivity index (χ1v) is 6.39. The van der Waals surface area contributed by atoms with Gasteiger partial charge in [-0.25, -0.2) is 0 Å². The first kappa shape index (κ1) is 9.89. The van der Waals surface area contributed by atoms with Gasteiger partial charge in [-0.05, 0) is 50.7 Å². The fourth-order valence-corrected chi connectivity index (χ4v) is 4.10. The number of rotatable bonds is 1. The van der Waals surface area contributed by atoms with Crippen LogP contribution in [0.5, 0.6) is 0 Å². The molecular formula is C9H6BrIOS. The van der Waals surface area contributed by atoms with E-state index in [9.17, 15) is 5.11 Å². The van der Waals surface area contributed by atoms with Gasteiger partial charge in [-0.15, -0.1) is 11.3 Å². The Morgan fingerprint density at radius 2 is 2.23 bits per heavy atom. The van der Waals surface area contributed by atoms with Crippen molar-refractivity contribution >= 4 is 59.9 Å². The highest BCUT2D eigenvalue weighted by Gasteiger charge is 2.10. The third-order valence-corrected chi connectivity index (χ3v) is 4.72. The van der Waals surface area contributed by atoms with Gasteiger partial charge in [0.05, 0.1) is 10.4 Å². The van der Waals surface area contributed by atoms with Crippen molar-refractivity contribution in [3.8, 4) is 0 Å². The normalized spacial score (nSPS) is 11.0. The lowest BCUT2D eigenvalue weighted by Gasteiger charge is -1.97. The molecule has 4 heteroatoms. The Morgan fingerprint density at radius 1 is 1.46 bits per heavy atom. The topological polar surface area (TPSA) is 20.2 Å². The summed E-state index contributed by atoms with van der Waals surface area (Å²) in [4.78, 5) is 0. The van der Waals surface area contributed by atoms with Crippen LogP contribution in [0.4, 0.5) is 0 Å². The van der Waals surface area contributed by atoms with E-state index < -0.39 is 0 Å². The molecule has 0 aliphatic heterocycles. The van der Waals surface area contributed by atoms with Gasteiger partial charge >= 0.3 is 0 Å². The summed E-state index contributed by atoms with van der Waals surface area (Å²) in [6.45, 7) is 0.0978. The third kappa shape index (κ3) is 1.65. The Labute approximate surface area is 102 Å². The van der Waals surface area contributed by atoms with Crippen LogP contribution in [0.15, 0.2) is 22.0 Å². The van der Waals surface area contributed by atoms with Crippen molar-refractivity contribution in [1.29, 1.82) is 0 Å². The molecule has 1 N–H and O–H groups in total. The van der Waals surface area contributed by atoms with E-state index in [1.165, 1.54) is 13.7 Å². The lowest BCUT2D eigenvalue weighted by atomic mass is 10.2. The summed E-state index contributed by atoms with van der Waals surface area (Å²) in [5, 5.41) is 10.4. The summed E-state index contributed by atoms with van der Waals surface area (Å²) >= 11 is 7.42. The first-order valence-electron chi connectivity index (χ1n) is 3.70. The van der Waals surface area contributed by atoms with Crippen molar-refractivity contribution in [2.75, 3.05) is 0 Å². The monoisotopic (exact) mass is 368 g/mol. The molecule has 0 saturated carbocycles. The zero-order valence-electron chi connectivity index (χ0n) is 6.55. The number of halogens is 2. The van der Waals surface area contributed by atoms with E-state index >= 15 is 0 Å². The Balaban J connectivity index is 2.88. The molecule has 0 unspecified atom stereocenters. The summed E-state index contributed by atoms with van der Waals surface area (Å²) in [6, 6.07) is 6.17. The molecule has 0 saturated heterocycles. The first-order chi connectivity index (χ1) is 6.24. The Morgan fingerprint density at radius 3 is 2.92 bits per heavy atom. The van der Waals surface area contributed by atoms with Crippen molar-refractivity contribution in [2.45, 2.75) is 6.61 Å². The van der Waals surface area contributed by atoms with Crippen LogP contribution in [0, 0.1) is 3.57 Å². The molecule has 0 atom stereocenters. The van der Waals surface area contributed by atoms with Crippen molar-refractivity contribution in [1.82, 2.24) is 0 Å². The molecule has 0 radical (unpaired) electrons. The van der Waals surface area contributed by atoms with Gasteiger partial charge in [0.1, 0.15) is 0 Å². The highest BCUT2D eigenvalue weighted by molar-refractivity contribution is 14.1. The number of benzene rings is 1. The molecule has 68 valence electrons. The number of aliphatic hydroxyl groups is 1. The molecule has 1 nitrogen and oxygen atoms in total. The summed E-state index contributed by atoms with van der Waals surface area (Å²) < 4.78 is 3.46. The highest BCUT2D eigenvalue weighted by atomic mass is 127. The molecule has 0 amide bonds. The van der Waals surface area contributed by atoms with Gasteiger partial charge in [0.2, 0.25) is 0 Å². The maximum Gasteiger partial charge on any atom is 0.0766 e. The smallest absolute Gasteiger partial charge is 0.0766 e. The third-order valence-electron chi connectivity index (χ3n) is 1.87. The lowest BCUT2D eigenvalue weighted by molar-refractivity contribution is 0.283. The molecule has 13 heavy (non-hydrogen) atoms. The van der Waals surface area contributed by atoms with E-state index in [2.05, 4.69) is 50.7 Å². The second-order valence-corrected chi connectivity index (χ2v) is 6.16. The largest absolute Gasteiger partial charge is 0.392 e. The molecule has 2 aromatic rings. The standard InChI is InChI=1S/C9H6BrIOS/c10-9-5(4-12)8-6(11)2-1-3-7(8)13-9/h1-3,12H,4H2. The van der Waals surface area contributed by atoms with Gasteiger partial charge in [-0.1, -0.05) is 6.07 Å². The van der Waals surface area contributed by atoms with Crippen molar-refractivity contribution < 1.29 is 5.11 Å². The molecule has 0 aliphatic rings. The predicted molar refractivity (Wildman–Crippen MR) is 68.2 cm³/mol. The molecular weight excluding hydrogens is 363 g/mol. The van der Waals surface area contributed by atoms with Gasteiger partial charge in [-0.3, -0.25) is 0 Å². The van der Waals surface area contributed by atoms with E-state index in [0.717, 1.165) is 9.35 Å². The van der Waals surface area contributed by atoms with Gasteiger partial charge in [0, 0.05) is 19.2 Å². The maximum atomic E-state index is 9.20. The maximum absolute atomic E-state index is 9.20. The van der Waals surface area contributed by atoms with E-state index in [1.54, 1.807) is 11.3 Å². The zero-order chi connectivity index (χ0) is 9.42. The number of hydrogen-bond donors (Lipinski definition) is 1. The van der Waals surface area contributed by atoms with Crippen LogP contribution in [-0.2, 0) is 6.61 Å².